The van der Waals surface area contributed by atoms with Crippen LogP contribution in [0, 0.1) is 0 Å². The summed E-state index contributed by atoms with van der Waals surface area (Å²) in [5.74, 6) is 0.304. The Labute approximate surface area is 132 Å². The number of amides is 1. The van der Waals surface area contributed by atoms with Gasteiger partial charge in [0, 0.05) is 51.0 Å². The molecule has 122 valence electrons. The molecule has 3 rings (SSSR count). The molecule has 0 saturated carbocycles. The van der Waals surface area contributed by atoms with Crippen molar-refractivity contribution in [2.45, 2.75) is 45.3 Å². The van der Waals surface area contributed by atoms with Crippen molar-refractivity contribution < 1.29 is 4.79 Å². The third kappa shape index (κ3) is 3.67. The molecule has 2 saturated heterocycles. The molecule has 1 atom stereocenters. The van der Waals surface area contributed by atoms with E-state index < -0.39 is 0 Å². The second kappa shape index (κ2) is 7.24. The summed E-state index contributed by atoms with van der Waals surface area (Å²) in [4.78, 5) is 17.0. The third-order valence-electron chi connectivity index (χ3n) is 4.68. The number of aromatic nitrogens is 2. The molecule has 2 aliphatic heterocycles. The Morgan fingerprint density at radius 3 is 2.95 bits per heavy atom. The van der Waals surface area contributed by atoms with Gasteiger partial charge in [-0.25, -0.2) is 0 Å². The highest BCUT2D eigenvalue weighted by Crippen LogP contribution is 2.13. The molecule has 0 bridgehead atoms. The van der Waals surface area contributed by atoms with Crippen molar-refractivity contribution in [1.29, 1.82) is 0 Å². The second-order valence-electron chi connectivity index (χ2n) is 6.31. The maximum Gasteiger partial charge on any atom is 0.239 e. The minimum atomic E-state index is 0.0642. The first-order valence-corrected chi connectivity index (χ1v) is 8.52. The molecule has 6 heteroatoms. The van der Waals surface area contributed by atoms with E-state index in [1.165, 1.54) is 5.56 Å². The van der Waals surface area contributed by atoms with Gasteiger partial charge in [-0.1, -0.05) is 0 Å². The topological polar surface area (TPSA) is 53.4 Å². The molecule has 22 heavy (non-hydrogen) atoms. The van der Waals surface area contributed by atoms with Gasteiger partial charge in [-0.3, -0.25) is 14.4 Å². The molecule has 2 fully saturated rings. The number of nitrogens with zero attached hydrogens (tertiary/aromatic N) is 4. The predicted octanol–water partition coefficient (Wildman–Crippen LogP) is 0.689. The fraction of sp³-hybridized carbons (Fsp3) is 0.750. The van der Waals surface area contributed by atoms with E-state index in [0.717, 1.165) is 65.1 Å². The van der Waals surface area contributed by atoms with Crippen LogP contribution in [0.2, 0.25) is 0 Å². The number of carbonyl (C=O) groups excluding carboxylic acids is 1. The van der Waals surface area contributed by atoms with Crippen LogP contribution in [0.1, 0.15) is 31.7 Å². The first-order valence-electron chi connectivity index (χ1n) is 8.52. The summed E-state index contributed by atoms with van der Waals surface area (Å²) < 4.78 is 1.97. The van der Waals surface area contributed by atoms with Crippen molar-refractivity contribution in [2.24, 2.45) is 0 Å². The number of nitrogens with one attached hydrogen (secondary N) is 1. The Balaban J connectivity index is 1.52. The van der Waals surface area contributed by atoms with Crippen LogP contribution >= 0.6 is 0 Å². The number of hydrogen-bond donors (Lipinski definition) is 1. The summed E-state index contributed by atoms with van der Waals surface area (Å²) >= 11 is 0. The fourth-order valence-electron chi connectivity index (χ4n) is 3.38. The SMILES string of the molecule is CCn1cc(CN2CCCN(C(=O)C3CCCN3)CC2)cn1. The maximum atomic E-state index is 12.5. The number of rotatable bonds is 4. The van der Waals surface area contributed by atoms with E-state index in [1.54, 1.807) is 0 Å². The highest BCUT2D eigenvalue weighted by molar-refractivity contribution is 5.82. The minimum absolute atomic E-state index is 0.0642. The van der Waals surface area contributed by atoms with Gasteiger partial charge in [-0.2, -0.15) is 5.10 Å². The molecule has 1 aromatic rings. The molecule has 0 radical (unpaired) electrons. The summed E-state index contributed by atoms with van der Waals surface area (Å²) in [6.45, 7) is 8.68. The average Bonchev–Trinajstić information content (AvgIpc) is 3.16. The summed E-state index contributed by atoms with van der Waals surface area (Å²) in [7, 11) is 0. The summed E-state index contributed by atoms with van der Waals surface area (Å²) in [6.07, 6.45) is 7.25. The Bertz CT molecular complexity index is 494. The molecule has 3 heterocycles. The normalized spacial score (nSPS) is 23.7. The van der Waals surface area contributed by atoms with Crippen molar-refractivity contribution in [3.63, 3.8) is 0 Å². The van der Waals surface area contributed by atoms with Crippen molar-refractivity contribution >= 4 is 5.91 Å². The predicted molar refractivity (Wildman–Crippen MR) is 85.4 cm³/mol. The van der Waals surface area contributed by atoms with E-state index in [9.17, 15) is 4.79 Å². The van der Waals surface area contributed by atoms with Crippen LogP contribution in [-0.4, -0.2) is 64.3 Å². The van der Waals surface area contributed by atoms with Crippen LogP contribution in [0.25, 0.3) is 0 Å². The zero-order valence-electron chi connectivity index (χ0n) is 13.5. The molecule has 0 aromatic carbocycles. The zero-order chi connectivity index (χ0) is 15.4. The van der Waals surface area contributed by atoms with Crippen LogP contribution in [0.5, 0.6) is 0 Å². The van der Waals surface area contributed by atoms with Crippen LogP contribution in [0.15, 0.2) is 12.4 Å². The standard InChI is InChI=1S/C16H27N5O/c1-2-21-13-14(11-18-21)12-19-7-4-8-20(10-9-19)16(22)15-5-3-6-17-15/h11,13,15,17H,2-10,12H2,1H3. The number of carbonyl (C=O) groups is 1. The first-order chi connectivity index (χ1) is 10.8. The number of hydrogen-bond acceptors (Lipinski definition) is 4. The Hall–Kier alpha value is -1.40. The molecule has 1 aromatic heterocycles. The average molecular weight is 305 g/mol. The van der Waals surface area contributed by atoms with Crippen molar-refractivity contribution in [3.8, 4) is 0 Å². The van der Waals surface area contributed by atoms with E-state index in [4.69, 9.17) is 0 Å². The van der Waals surface area contributed by atoms with Gasteiger partial charge in [-0.05, 0) is 32.7 Å². The monoisotopic (exact) mass is 305 g/mol. The summed E-state index contributed by atoms with van der Waals surface area (Å²) in [6, 6.07) is 0.0642. The van der Waals surface area contributed by atoms with Gasteiger partial charge in [0.2, 0.25) is 5.91 Å². The smallest absolute Gasteiger partial charge is 0.239 e. The second-order valence-corrected chi connectivity index (χ2v) is 6.31. The molecule has 0 spiro atoms. The summed E-state index contributed by atoms with van der Waals surface area (Å²) in [5, 5.41) is 7.65. The Kier molecular flexibility index (Phi) is 5.10. The van der Waals surface area contributed by atoms with Crippen LogP contribution < -0.4 is 5.32 Å². The maximum absolute atomic E-state index is 12.5. The van der Waals surface area contributed by atoms with Gasteiger partial charge in [0.25, 0.3) is 0 Å². The molecule has 1 amide bonds. The lowest BCUT2D eigenvalue weighted by Crippen LogP contribution is -2.45. The molecular formula is C16H27N5O. The lowest BCUT2D eigenvalue weighted by molar-refractivity contribution is -0.132. The van der Waals surface area contributed by atoms with E-state index in [1.807, 2.05) is 10.9 Å². The van der Waals surface area contributed by atoms with Crippen LogP contribution in [0.4, 0.5) is 0 Å². The zero-order valence-corrected chi connectivity index (χ0v) is 13.5. The first kappa shape index (κ1) is 15.5. The van der Waals surface area contributed by atoms with E-state index in [2.05, 4.69) is 33.3 Å². The highest BCUT2D eigenvalue weighted by atomic mass is 16.2. The molecule has 0 aliphatic carbocycles. The minimum Gasteiger partial charge on any atom is -0.340 e. The van der Waals surface area contributed by atoms with Crippen molar-refractivity contribution in [3.05, 3.63) is 18.0 Å². The number of aryl methyl sites for hydroxylation is 1. The molecule has 6 nitrogen and oxygen atoms in total. The van der Waals surface area contributed by atoms with Gasteiger partial charge in [-0.15, -0.1) is 0 Å². The lowest BCUT2D eigenvalue weighted by atomic mass is 10.2. The Morgan fingerprint density at radius 2 is 2.23 bits per heavy atom. The van der Waals surface area contributed by atoms with Crippen molar-refractivity contribution in [2.75, 3.05) is 32.7 Å². The van der Waals surface area contributed by atoms with E-state index >= 15 is 0 Å². The largest absolute Gasteiger partial charge is 0.340 e. The molecule has 1 unspecified atom stereocenters. The highest BCUT2D eigenvalue weighted by Gasteiger charge is 2.28. The van der Waals surface area contributed by atoms with Crippen LogP contribution in [0.3, 0.4) is 0 Å². The van der Waals surface area contributed by atoms with E-state index in [-0.39, 0.29) is 6.04 Å². The molecular weight excluding hydrogens is 278 g/mol. The molecule has 1 N–H and O–H groups in total. The quantitative estimate of drug-likeness (QED) is 0.889. The van der Waals surface area contributed by atoms with Crippen molar-refractivity contribution in [1.82, 2.24) is 24.9 Å². The van der Waals surface area contributed by atoms with E-state index in [0.29, 0.717) is 5.91 Å². The van der Waals surface area contributed by atoms with Gasteiger partial charge in [0.1, 0.15) is 0 Å². The van der Waals surface area contributed by atoms with Gasteiger partial charge < -0.3 is 10.2 Å². The summed E-state index contributed by atoms with van der Waals surface area (Å²) in [5.41, 5.74) is 1.26. The fourth-order valence-corrected chi connectivity index (χ4v) is 3.38. The lowest BCUT2D eigenvalue weighted by Gasteiger charge is -2.24. The van der Waals surface area contributed by atoms with Gasteiger partial charge in [0.15, 0.2) is 0 Å². The molecule has 2 aliphatic rings. The van der Waals surface area contributed by atoms with Gasteiger partial charge in [0.05, 0.1) is 12.2 Å². The van der Waals surface area contributed by atoms with Crippen LogP contribution in [-0.2, 0) is 17.9 Å². The van der Waals surface area contributed by atoms with Gasteiger partial charge >= 0.3 is 0 Å². The third-order valence-corrected chi connectivity index (χ3v) is 4.68. The Morgan fingerprint density at radius 1 is 1.32 bits per heavy atom.